The van der Waals surface area contributed by atoms with E-state index in [2.05, 4.69) is 21.2 Å². The van der Waals surface area contributed by atoms with Gasteiger partial charge in [-0.05, 0) is 43.0 Å². The maximum atomic E-state index is 13.0. The predicted octanol–water partition coefficient (Wildman–Crippen LogP) is 3.25. The number of rotatable bonds is 6. The summed E-state index contributed by atoms with van der Waals surface area (Å²) in [5.74, 6) is 1.15. The van der Waals surface area contributed by atoms with Crippen molar-refractivity contribution in [3.05, 3.63) is 60.2 Å². The van der Waals surface area contributed by atoms with Crippen LogP contribution in [0.3, 0.4) is 0 Å². The number of hydrogen-bond acceptors (Lipinski definition) is 6. The molecule has 170 valence electrons. The van der Waals surface area contributed by atoms with Crippen molar-refractivity contribution in [1.82, 2.24) is 24.6 Å². The molecule has 9 heteroatoms. The van der Waals surface area contributed by atoms with E-state index in [9.17, 15) is 9.59 Å². The molecule has 5 rings (SSSR count). The van der Waals surface area contributed by atoms with E-state index in [-0.39, 0.29) is 17.6 Å². The topological polar surface area (TPSA) is 84.2 Å². The van der Waals surface area contributed by atoms with Gasteiger partial charge in [-0.1, -0.05) is 36.4 Å². The van der Waals surface area contributed by atoms with Crippen molar-refractivity contribution in [2.75, 3.05) is 23.7 Å². The van der Waals surface area contributed by atoms with Crippen LogP contribution in [0.2, 0.25) is 0 Å². The second-order valence-corrected chi connectivity index (χ2v) is 9.23. The van der Waals surface area contributed by atoms with Crippen molar-refractivity contribution in [1.29, 1.82) is 0 Å². The third kappa shape index (κ3) is 4.64. The van der Waals surface area contributed by atoms with Crippen LogP contribution in [0.4, 0.5) is 5.69 Å². The highest BCUT2D eigenvalue weighted by atomic mass is 32.2. The Labute approximate surface area is 197 Å². The Balaban J connectivity index is 1.36. The van der Waals surface area contributed by atoms with Gasteiger partial charge < -0.3 is 9.80 Å². The molecule has 2 aliphatic rings. The lowest BCUT2D eigenvalue weighted by atomic mass is 10.2. The molecule has 1 fully saturated rings. The zero-order valence-electron chi connectivity index (χ0n) is 18.4. The number of pyridine rings is 1. The van der Waals surface area contributed by atoms with Crippen molar-refractivity contribution in [3.8, 4) is 5.69 Å². The SMILES string of the molecule is O=C1CCCCCN1Cc1nnc(SCC(=O)N2CCc3ccccc32)n1-c1cccnc1. The van der Waals surface area contributed by atoms with E-state index in [1.807, 2.05) is 44.7 Å². The van der Waals surface area contributed by atoms with Crippen molar-refractivity contribution in [2.24, 2.45) is 0 Å². The number of thioether (sulfide) groups is 1. The van der Waals surface area contributed by atoms with Crippen LogP contribution >= 0.6 is 11.8 Å². The lowest BCUT2D eigenvalue weighted by Crippen LogP contribution is -2.31. The second kappa shape index (κ2) is 9.74. The zero-order valence-corrected chi connectivity index (χ0v) is 19.2. The molecular weight excluding hydrogens is 436 g/mol. The molecule has 8 nitrogen and oxygen atoms in total. The number of carbonyl (C=O) groups excluding carboxylic acids is 2. The Morgan fingerprint density at radius 3 is 2.79 bits per heavy atom. The fourth-order valence-corrected chi connectivity index (χ4v) is 5.27. The maximum Gasteiger partial charge on any atom is 0.237 e. The first-order valence-corrected chi connectivity index (χ1v) is 12.3. The van der Waals surface area contributed by atoms with E-state index in [0.717, 1.165) is 43.6 Å². The smallest absolute Gasteiger partial charge is 0.237 e. The minimum absolute atomic E-state index is 0.0509. The van der Waals surface area contributed by atoms with Crippen LogP contribution in [0, 0.1) is 0 Å². The van der Waals surface area contributed by atoms with Gasteiger partial charge in [0.15, 0.2) is 11.0 Å². The van der Waals surface area contributed by atoms with E-state index < -0.39 is 0 Å². The molecule has 2 amide bonds. The van der Waals surface area contributed by atoms with Gasteiger partial charge in [0, 0.05) is 31.4 Å². The van der Waals surface area contributed by atoms with Crippen molar-refractivity contribution in [3.63, 3.8) is 0 Å². The monoisotopic (exact) mass is 462 g/mol. The Bertz CT molecular complexity index is 1150. The number of likely N-dealkylation sites (tertiary alicyclic amines) is 1. The first-order chi connectivity index (χ1) is 16.2. The molecule has 0 aliphatic carbocycles. The summed E-state index contributed by atoms with van der Waals surface area (Å²) in [6.07, 6.45) is 7.93. The number of aromatic nitrogens is 4. The lowest BCUT2D eigenvalue weighted by Gasteiger charge is -2.20. The quantitative estimate of drug-likeness (QED) is 0.523. The molecule has 0 unspecified atom stereocenters. The van der Waals surface area contributed by atoms with Crippen molar-refractivity contribution < 1.29 is 9.59 Å². The molecule has 4 heterocycles. The Kier molecular flexibility index (Phi) is 6.39. The number of anilines is 1. The van der Waals surface area contributed by atoms with Gasteiger partial charge in [0.2, 0.25) is 11.8 Å². The van der Waals surface area contributed by atoms with Crippen LogP contribution in [0.5, 0.6) is 0 Å². The van der Waals surface area contributed by atoms with Crippen LogP contribution in [0.25, 0.3) is 5.69 Å². The summed E-state index contributed by atoms with van der Waals surface area (Å²) >= 11 is 1.37. The van der Waals surface area contributed by atoms with Gasteiger partial charge in [-0.15, -0.1) is 10.2 Å². The fraction of sp³-hybridized carbons (Fsp3) is 0.375. The van der Waals surface area contributed by atoms with Gasteiger partial charge in [-0.2, -0.15) is 0 Å². The van der Waals surface area contributed by atoms with Crippen LogP contribution in [0.1, 0.15) is 37.1 Å². The van der Waals surface area contributed by atoms with Gasteiger partial charge >= 0.3 is 0 Å². The van der Waals surface area contributed by atoms with Crippen LogP contribution < -0.4 is 4.90 Å². The van der Waals surface area contributed by atoms with Crippen LogP contribution in [-0.2, 0) is 22.6 Å². The summed E-state index contributed by atoms with van der Waals surface area (Å²) in [7, 11) is 0. The van der Waals surface area contributed by atoms with Crippen LogP contribution in [-0.4, -0.2) is 55.3 Å². The van der Waals surface area contributed by atoms with E-state index in [1.165, 1.54) is 17.3 Å². The Morgan fingerprint density at radius 1 is 1.00 bits per heavy atom. The average molecular weight is 463 g/mol. The zero-order chi connectivity index (χ0) is 22.6. The molecule has 1 aromatic carbocycles. The largest absolute Gasteiger partial charge is 0.335 e. The molecule has 3 aromatic rings. The molecular formula is C24H26N6O2S. The Hall–Kier alpha value is -3.20. The highest BCUT2D eigenvalue weighted by Crippen LogP contribution is 2.29. The number of hydrogen-bond donors (Lipinski definition) is 0. The molecule has 0 N–H and O–H groups in total. The van der Waals surface area contributed by atoms with E-state index in [1.54, 1.807) is 12.4 Å². The molecule has 0 atom stereocenters. The maximum absolute atomic E-state index is 13.0. The minimum atomic E-state index is 0.0509. The van der Waals surface area contributed by atoms with Gasteiger partial charge in [0.1, 0.15) is 0 Å². The van der Waals surface area contributed by atoms with E-state index in [0.29, 0.717) is 30.5 Å². The van der Waals surface area contributed by atoms with Crippen LogP contribution in [0.15, 0.2) is 53.9 Å². The van der Waals surface area contributed by atoms with E-state index in [4.69, 9.17) is 0 Å². The average Bonchev–Trinajstić information content (AvgIpc) is 3.40. The number of nitrogens with zero attached hydrogens (tertiary/aromatic N) is 6. The number of para-hydroxylation sites is 1. The highest BCUT2D eigenvalue weighted by molar-refractivity contribution is 7.99. The molecule has 0 bridgehead atoms. The van der Waals surface area contributed by atoms with Gasteiger partial charge in [0.05, 0.1) is 24.2 Å². The third-order valence-electron chi connectivity index (χ3n) is 6.12. The van der Waals surface area contributed by atoms with Crippen molar-refractivity contribution >= 4 is 29.3 Å². The normalized spacial score (nSPS) is 16.1. The summed E-state index contributed by atoms with van der Waals surface area (Å²) in [5, 5.41) is 9.42. The van der Waals surface area contributed by atoms with Gasteiger partial charge in [0.25, 0.3) is 0 Å². The lowest BCUT2D eigenvalue weighted by molar-refractivity contribution is -0.131. The summed E-state index contributed by atoms with van der Waals surface area (Å²) in [6.45, 7) is 1.83. The minimum Gasteiger partial charge on any atom is -0.335 e. The second-order valence-electron chi connectivity index (χ2n) is 8.28. The summed E-state index contributed by atoms with van der Waals surface area (Å²) in [6, 6.07) is 11.8. The number of carbonyl (C=O) groups is 2. The standard InChI is InChI=1S/C24H26N6O2S/c31-22-10-2-1-5-13-28(22)16-21-26-27-24(30(21)19-8-6-12-25-15-19)33-17-23(32)29-14-11-18-7-3-4-9-20(18)29/h3-4,6-9,12,15H,1-2,5,10-11,13-14,16-17H2. The van der Waals surface area contributed by atoms with Gasteiger partial charge in [-0.25, -0.2) is 0 Å². The number of benzene rings is 1. The number of amides is 2. The molecule has 1 saturated heterocycles. The summed E-state index contributed by atoms with van der Waals surface area (Å²) in [5.41, 5.74) is 3.03. The third-order valence-corrected chi connectivity index (χ3v) is 7.03. The molecule has 0 radical (unpaired) electrons. The van der Waals surface area contributed by atoms with E-state index >= 15 is 0 Å². The molecule has 2 aromatic heterocycles. The molecule has 0 saturated carbocycles. The number of fused-ring (bicyclic) bond motifs is 1. The predicted molar refractivity (Wildman–Crippen MR) is 126 cm³/mol. The molecule has 2 aliphatic heterocycles. The van der Waals surface area contributed by atoms with Crippen molar-refractivity contribution in [2.45, 2.75) is 43.8 Å². The first kappa shape index (κ1) is 21.6. The first-order valence-electron chi connectivity index (χ1n) is 11.3. The molecule has 33 heavy (non-hydrogen) atoms. The Morgan fingerprint density at radius 2 is 1.91 bits per heavy atom. The molecule has 0 spiro atoms. The van der Waals surface area contributed by atoms with Gasteiger partial charge in [-0.3, -0.25) is 19.1 Å². The highest BCUT2D eigenvalue weighted by Gasteiger charge is 2.26. The summed E-state index contributed by atoms with van der Waals surface area (Å²) < 4.78 is 1.92. The summed E-state index contributed by atoms with van der Waals surface area (Å²) in [4.78, 5) is 33.5. The fourth-order valence-electron chi connectivity index (χ4n) is 4.42.